The van der Waals surface area contributed by atoms with Gasteiger partial charge in [0.05, 0.1) is 19.3 Å². The van der Waals surface area contributed by atoms with Gasteiger partial charge < -0.3 is 24.8 Å². The van der Waals surface area contributed by atoms with Crippen LogP contribution < -0.4 is 4.74 Å². The lowest BCUT2D eigenvalue weighted by molar-refractivity contribution is -0.140. The van der Waals surface area contributed by atoms with Crippen LogP contribution in [0.1, 0.15) is 19.3 Å². The SMILES string of the molecule is COC(=O)CCC[C@H](O)[C@H](O)/C=C/C=C/C=C/C=C/C(O)COc1ccccc1. The number of aliphatic hydroxyl groups excluding tert-OH is 3. The summed E-state index contributed by atoms with van der Waals surface area (Å²) in [6.45, 7) is 0.173. The summed E-state index contributed by atoms with van der Waals surface area (Å²) in [6.07, 6.45) is 11.8. The van der Waals surface area contributed by atoms with E-state index in [2.05, 4.69) is 4.74 Å². The van der Waals surface area contributed by atoms with Crippen molar-refractivity contribution in [3.63, 3.8) is 0 Å². The zero-order valence-electron chi connectivity index (χ0n) is 16.6. The Morgan fingerprint density at radius 2 is 1.59 bits per heavy atom. The lowest BCUT2D eigenvalue weighted by atomic mass is 10.1. The van der Waals surface area contributed by atoms with E-state index in [1.165, 1.54) is 13.2 Å². The van der Waals surface area contributed by atoms with Gasteiger partial charge in [-0.1, -0.05) is 66.8 Å². The number of allylic oxidation sites excluding steroid dienone is 6. The van der Waals surface area contributed by atoms with E-state index in [-0.39, 0.29) is 19.0 Å². The molecule has 0 radical (unpaired) electrons. The molecule has 6 nitrogen and oxygen atoms in total. The van der Waals surface area contributed by atoms with Gasteiger partial charge in [0.15, 0.2) is 0 Å². The maximum Gasteiger partial charge on any atom is 0.305 e. The smallest absolute Gasteiger partial charge is 0.305 e. The normalized spacial score (nSPS) is 15.3. The predicted molar refractivity (Wildman–Crippen MR) is 112 cm³/mol. The average Bonchev–Trinajstić information content (AvgIpc) is 2.74. The number of benzene rings is 1. The first kappa shape index (κ1) is 24.4. The van der Waals surface area contributed by atoms with Crippen molar-refractivity contribution in [2.75, 3.05) is 13.7 Å². The Hall–Kier alpha value is -2.67. The van der Waals surface area contributed by atoms with Crippen LogP contribution in [0.4, 0.5) is 0 Å². The van der Waals surface area contributed by atoms with Gasteiger partial charge in [0.1, 0.15) is 18.5 Å². The highest BCUT2D eigenvalue weighted by atomic mass is 16.5. The minimum Gasteiger partial charge on any atom is -0.491 e. The molecule has 0 spiro atoms. The molecule has 0 aliphatic carbocycles. The molecule has 1 unspecified atom stereocenters. The Labute approximate surface area is 172 Å². The van der Waals surface area contributed by atoms with Crippen LogP contribution in [0.25, 0.3) is 0 Å². The van der Waals surface area contributed by atoms with Crippen molar-refractivity contribution < 1.29 is 29.6 Å². The van der Waals surface area contributed by atoms with Crippen molar-refractivity contribution in [1.29, 1.82) is 0 Å². The molecule has 0 fully saturated rings. The third kappa shape index (κ3) is 12.4. The van der Waals surface area contributed by atoms with Crippen LogP contribution in [0.2, 0.25) is 0 Å². The molecule has 0 aromatic heterocycles. The highest BCUT2D eigenvalue weighted by molar-refractivity contribution is 5.68. The monoisotopic (exact) mass is 402 g/mol. The lowest BCUT2D eigenvalue weighted by Crippen LogP contribution is -2.23. The van der Waals surface area contributed by atoms with Crippen LogP contribution in [-0.2, 0) is 9.53 Å². The predicted octanol–water partition coefficient (Wildman–Crippen LogP) is 2.72. The molecule has 0 amide bonds. The fourth-order valence-electron chi connectivity index (χ4n) is 2.24. The van der Waals surface area contributed by atoms with E-state index in [0.717, 1.165) is 0 Å². The molecule has 0 bridgehead atoms. The molecule has 1 rings (SSSR count). The summed E-state index contributed by atoms with van der Waals surface area (Å²) >= 11 is 0. The summed E-state index contributed by atoms with van der Waals surface area (Å²) < 4.78 is 9.96. The molecule has 3 N–H and O–H groups in total. The summed E-state index contributed by atoms with van der Waals surface area (Å²) in [5.74, 6) is 0.378. The van der Waals surface area contributed by atoms with Crippen molar-refractivity contribution in [3.05, 3.63) is 78.9 Å². The first-order chi connectivity index (χ1) is 14.0. The fraction of sp³-hybridized carbons (Fsp3) is 0.348. The molecule has 1 aromatic rings. The third-order valence-electron chi connectivity index (χ3n) is 3.86. The number of carbonyl (C=O) groups excluding carboxylic acids is 1. The molecule has 158 valence electrons. The van der Waals surface area contributed by atoms with Crippen LogP contribution in [0.5, 0.6) is 5.75 Å². The first-order valence-electron chi connectivity index (χ1n) is 9.50. The Bertz CT molecular complexity index is 678. The molecule has 0 saturated heterocycles. The number of aliphatic hydroxyl groups is 3. The molecular weight excluding hydrogens is 372 g/mol. The van der Waals surface area contributed by atoms with Crippen molar-refractivity contribution in [2.45, 2.75) is 37.6 Å². The molecule has 0 aliphatic rings. The van der Waals surface area contributed by atoms with Gasteiger partial charge in [0.25, 0.3) is 0 Å². The van der Waals surface area contributed by atoms with Crippen LogP contribution >= 0.6 is 0 Å². The average molecular weight is 402 g/mol. The number of hydrogen-bond donors (Lipinski definition) is 3. The Kier molecular flexibility index (Phi) is 12.8. The second-order valence-corrected chi connectivity index (χ2v) is 6.26. The Morgan fingerprint density at radius 3 is 2.24 bits per heavy atom. The van der Waals surface area contributed by atoms with Gasteiger partial charge in [0, 0.05) is 6.42 Å². The van der Waals surface area contributed by atoms with Gasteiger partial charge in [-0.25, -0.2) is 0 Å². The van der Waals surface area contributed by atoms with Crippen molar-refractivity contribution in [2.24, 2.45) is 0 Å². The third-order valence-corrected chi connectivity index (χ3v) is 3.86. The van der Waals surface area contributed by atoms with E-state index in [4.69, 9.17) is 4.74 Å². The maximum absolute atomic E-state index is 11.0. The van der Waals surface area contributed by atoms with E-state index in [9.17, 15) is 20.1 Å². The fourth-order valence-corrected chi connectivity index (χ4v) is 2.24. The van der Waals surface area contributed by atoms with Gasteiger partial charge in [-0.2, -0.15) is 0 Å². The number of para-hydroxylation sites is 1. The first-order valence-corrected chi connectivity index (χ1v) is 9.50. The molecule has 3 atom stereocenters. The number of carbonyl (C=O) groups is 1. The summed E-state index contributed by atoms with van der Waals surface area (Å²) in [4.78, 5) is 11.0. The number of ether oxygens (including phenoxy) is 2. The van der Waals surface area contributed by atoms with Crippen molar-refractivity contribution >= 4 is 5.97 Å². The zero-order valence-corrected chi connectivity index (χ0v) is 16.6. The number of methoxy groups -OCH3 is 1. The number of rotatable bonds is 13. The standard InChI is InChI=1S/C23H30O6/c1-28-23(27)17-11-16-22(26)21(25)15-10-5-3-2-4-7-12-19(24)18-29-20-13-8-6-9-14-20/h2-10,12-15,19,21-22,24-26H,11,16-18H2,1H3/b4-2+,5-3+,12-7+,15-10+/t19?,21-,22+/m1/s1. The lowest BCUT2D eigenvalue weighted by Gasteiger charge is -2.13. The van der Waals surface area contributed by atoms with E-state index in [0.29, 0.717) is 18.6 Å². The highest BCUT2D eigenvalue weighted by Gasteiger charge is 2.13. The van der Waals surface area contributed by atoms with Crippen molar-refractivity contribution in [1.82, 2.24) is 0 Å². The topological polar surface area (TPSA) is 96.2 Å². The summed E-state index contributed by atoms with van der Waals surface area (Å²) in [6, 6.07) is 9.28. The molecule has 6 heteroatoms. The van der Waals surface area contributed by atoms with Crippen molar-refractivity contribution in [3.8, 4) is 5.75 Å². The summed E-state index contributed by atoms with van der Waals surface area (Å²) in [5.41, 5.74) is 0. The molecule has 0 saturated carbocycles. The van der Waals surface area contributed by atoms with Crippen LogP contribution in [0.3, 0.4) is 0 Å². The minimum atomic E-state index is -0.999. The quantitative estimate of drug-likeness (QED) is 0.347. The largest absolute Gasteiger partial charge is 0.491 e. The molecule has 0 heterocycles. The number of hydrogen-bond acceptors (Lipinski definition) is 6. The van der Waals surface area contributed by atoms with E-state index in [1.54, 1.807) is 42.5 Å². The molecular formula is C23H30O6. The minimum absolute atomic E-state index is 0.173. The van der Waals surface area contributed by atoms with Crippen LogP contribution in [-0.4, -0.2) is 53.3 Å². The maximum atomic E-state index is 11.0. The summed E-state index contributed by atoms with van der Waals surface area (Å²) in [5, 5.41) is 29.4. The van der Waals surface area contributed by atoms with E-state index in [1.807, 2.05) is 30.3 Å². The van der Waals surface area contributed by atoms with E-state index < -0.39 is 18.3 Å². The van der Waals surface area contributed by atoms with Gasteiger partial charge in [-0.15, -0.1) is 0 Å². The Balaban J connectivity index is 2.21. The van der Waals surface area contributed by atoms with Gasteiger partial charge in [-0.3, -0.25) is 4.79 Å². The number of esters is 1. The van der Waals surface area contributed by atoms with Crippen LogP contribution in [0.15, 0.2) is 78.9 Å². The highest BCUT2D eigenvalue weighted by Crippen LogP contribution is 2.09. The van der Waals surface area contributed by atoms with E-state index >= 15 is 0 Å². The van der Waals surface area contributed by atoms with Gasteiger partial charge in [-0.05, 0) is 25.0 Å². The second kappa shape index (κ2) is 15.3. The zero-order chi connectivity index (χ0) is 21.3. The Morgan fingerprint density at radius 1 is 0.966 bits per heavy atom. The van der Waals surface area contributed by atoms with Gasteiger partial charge in [0.2, 0.25) is 0 Å². The van der Waals surface area contributed by atoms with Gasteiger partial charge >= 0.3 is 5.97 Å². The van der Waals surface area contributed by atoms with Crippen LogP contribution in [0, 0.1) is 0 Å². The molecule has 1 aromatic carbocycles. The molecule has 29 heavy (non-hydrogen) atoms. The summed E-state index contributed by atoms with van der Waals surface area (Å²) in [7, 11) is 1.31. The molecule has 0 aliphatic heterocycles. The second-order valence-electron chi connectivity index (χ2n) is 6.26.